The van der Waals surface area contributed by atoms with Crippen LogP contribution in [-0.4, -0.2) is 57.6 Å². The van der Waals surface area contributed by atoms with Crippen molar-refractivity contribution in [3.8, 4) is 5.88 Å². The van der Waals surface area contributed by atoms with Crippen LogP contribution in [0.15, 0.2) is 4.79 Å². The van der Waals surface area contributed by atoms with Crippen molar-refractivity contribution in [2.24, 2.45) is 0 Å². The largest absolute Gasteiger partial charge is 0.493 e. The summed E-state index contributed by atoms with van der Waals surface area (Å²) in [7, 11) is 0. The van der Waals surface area contributed by atoms with Crippen molar-refractivity contribution in [3.05, 3.63) is 21.7 Å². The molecular weight excluding hydrogens is 220 g/mol. The second kappa shape index (κ2) is 3.82. The molecule has 0 spiro atoms. The molecule has 0 amide bonds. The number of hydrogen-bond acceptors (Lipinski definition) is 5. The summed E-state index contributed by atoms with van der Waals surface area (Å²) < 4.78 is 0. The van der Waals surface area contributed by atoms with E-state index in [0.717, 1.165) is 32.7 Å². The third kappa shape index (κ3) is 1.73. The number of rotatable bonds is 1. The van der Waals surface area contributed by atoms with Gasteiger partial charge in [-0.25, -0.2) is 0 Å². The zero-order valence-electron chi connectivity index (χ0n) is 9.81. The highest BCUT2D eigenvalue weighted by molar-refractivity contribution is 5.21. The molecule has 1 atom stereocenters. The van der Waals surface area contributed by atoms with Crippen molar-refractivity contribution in [2.75, 3.05) is 32.7 Å². The summed E-state index contributed by atoms with van der Waals surface area (Å²) in [5, 5.41) is 9.62. The molecule has 6 nitrogen and oxygen atoms in total. The van der Waals surface area contributed by atoms with Gasteiger partial charge in [0, 0.05) is 32.7 Å². The van der Waals surface area contributed by atoms with Gasteiger partial charge in [-0.1, -0.05) is 0 Å². The topological polar surface area (TPSA) is 72.5 Å². The highest BCUT2D eigenvalue weighted by Gasteiger charge is 2.34. The van der Waals surface area contributed by atoms with Gasteiger partial charge in [0.05, 0.1) is 11.6 Å². The van der Waals surface area contributed by atoms with Crippen LogP contribution in [0.3, 0.4) is 0 Å². The molecule has 3 aliphatic heterocycles. The van der Waals surface area contributed by atoms with Gasteiger partial charge in [-0.2, -0.15) is 4.98 Å². The first kappa shape index (κ1) is 10.7. The summed E-state index contributed by atoms with van der Waals surface area (Å²) in [4.78, 5) is 23.2. The van der Waals surface area contributed by atoms with Gasteiger partial charge < -0.3 is 10.1 Å². The van der Waals surface area contributed by atoms with Gasteiger partial charge in [-0.3, -0.25) is 14.6 Å². The van der Waals surface area contributed by atoms with Gasteiger partial charge in [0.1, 0.15) is 5.82 Å². The molecular formula is C11H16N4O2. The SMILES string of the molecule is Cc1c(O)nc(C2CN3CCN2CC3)[nH]c1=O. The summed E-state index contributed by atoms with van der Waals surface area (Å²) >= 11 is 0. The van der Waals surface area contributed by atoms with Crippen LogP contribution in [0.5, 0.6) is 5.88 Å². The van der Waals surface area contributed by atoms with Crippen molar-refractivity contribution in [2.45, 2.75) is 13.0 Å². The maximum atomic E-state index is 11.6. The van der Waals surface area contributed by atoms with E-state index in [0.29, 0.717) is 5.82 Å². The predicted molar refractivity (Wildman–Crippen MR) is 62.0 cm³/mol. The van der Waals surface area contributed by atoms with Crippen LogP contribution in [0.1, 0.15) is 17.4 Å². The van der Waals surface area contributed by atoms with E-state index in [4.69, 9.17) is 0 Å². The third-order valence-corrected chi connectivity index (χ3v) is 3.74. The van der Waals surface area contributed by atoms with E-state index in [1.165, 1.54) is 0 Å². The first-order valence-corrected chi connectivity index (χ1v) is 5.91. The zero-order chi connectivity index (χ0) is 12.0. The van der Waals surface area contributed by atoms with Crippen LogP contribution in [0.25, 0.3) is 0 Å². The third-order valence-electron chi connectivity index (χ3n) is 3.74. The molecule has 3 fully saturated rings. The summed E-state index contributed by atoms with van der Waals surface area (Å²) in [5.41, 5.74) is 0.0372. The van der Waals surface area contributed by atoms with E-state index < -0.39 is 0 Å². The molecule has 17 heavy (non-hydrogen) atoms. The standard InChI is InChI=1S/C11H16N4O2/c1-7-10(16)12-9(13-11(7)17)8-6-14-2-4-15(8)5-3-14/h8H,2-6H2,1H3,(H2,12,13,16,17). The van der Waals surface area contributed by atoms with E-state index in [2.05, 4.69) is 19.8 Å². The molecule has 2 bridgehead atoms. The Kier molecular flexibility index (Phi) is 2.41. The minimum absolute atomic E-state index is 0.108. The fourth-order valence-corrected chi connectivity index (χ4v) is 2.57. The monoisotopic (exact) mass is 236 g/mol. The van der Waals surface area contributed by atoms with Crippen molar-refractivity contribution < 1.29 is 5.11 Å². The van der Waals surface area contributed by atoms with E-state index in [1.807, 2.05) is 0 Å². The second-order valence-corrected chi connectivity index (χ2v) is 4.75. The fraction of sp³-hybridized carbons (Fsp3) is 0.636. The summed E-state index contributed by atoms with van der Waals surface area (Å²) in [6.45, 7) is 6.62. The normalized spacial score (nSPS) is 31.7. The molecule has 6 heteroatoms. The molecule has 1 aromatic rings. The smallest absolute Gasteiger partial charge is 0.257 e. The highest BCUT2D eigenvalue weighted by atomic mass is 16.3. The molecule has 1 aromatic heterocycles. The van der Waals surface area contributed by atoms with E-state index in [9.17, 15) is 9.90 Å². The lowest BCUT2D eigenvalue weighted by atomic mass is 10.1. The number of aromatic nitrogens is 2. The molecule has 0 aliphatic carbocycles. The number of piperazine rings is 3. The fourth-order valence-electron chi connectivity index (χ4n) is 2.57. The number of nitrogens with zero attached hydrogens (tertiary/aromatic N) is 3. The Balaban J connectivity index is 1.97. The zero-order valence-corrected chi connectivity index (χ0v) is 9.81. The molecule has 4 heterocycles. The van der Waals surface area contributed by atoms with Gasteiger partial charge in [0.15, 0.2) is 0 Å². The Bertz CT molecular complexity index is 491. The second-order valence-electron chi connectivity index (χ2n) is 4.75. The van der Waals surface area contributed by atoms with E-state index >= 15 is 0 Å². The van der Waals surface area contributed by atoms with Crippen molar-refractivity contribution in [1.82, 2.24) is 19.8 Å². The lowest BCUT2D eigenvalue weighted by Crippen LogP contribution is -2.57. The Morgan fingerprint density at radius 3 is 2.59 bits per heavy atom. The molecule has 4 rings (SSSR count). The Hall–Kier alpha value is -1.40. The summed E-state index contributed by atoms with van der Waals surface area (Å²) in [5.74, 6) is 0.434. The van der Waals surface area contributed by atoms with Gasteiger partial charge in [-0.15, -0.1) is 0 Å². The molecule has 3 saturated heterocycles. The number of fused-ring (bicyclic) bond motifs is 3. The molecule has 3 aliphatic rings. The minimum atomic E-state index is -0.245. The highest BCUT2D eigenvalue weighted by Crippen LogP contribution is 2.26. The quantitative estimate of drug-likeness (QED) is 0.685. The first-order chi connectivity index (χ1) is 8.15. The van der Waals surface area contributed by atoms with Crippen LogP contribution in [0, 0.1) is 6.92 Å². The maximum Gasteiger partial charge on any atom is 0.257 e. The van der Waals surface area contributed by atoms with Gasteiger partial charge in [0.2, 0.25) is 5.88 Å². The van der Waals surface area contributed by atoms with Gasteiger partial charge in [0.25, 0.3) is 5.56 Å². The Morgan fingerprint density at radius 2 is 2.06 bits per heavy atom. The van der Waals surface area contributed by atoms with Crippen LogP contribution < -0.4 is 5.56 Å². The average molecular weight is 236 g/mol. The minimum Gasteiger partial charge on any atom is -0.493 e. The average Bonchev–Trinajstić information content (AvgIpc) is 2.36. The molecule has 1 unspecified atom stereocenters. The van der Waals surface area contributed by atoms with Crippen LogP contribution in [-0.2, 0) is 0 Å². The summed E-state index contributed by atoms with van der Waals surface area (Å²) in [6.07, 6.45) is 0. The Labute approximate surface area is 98.9 Å². The van der Waals surface area contributed by atoms with Crippen molar-refractivity contribution in [3.63, 3.8) is 0 Å². The van der Waals surface area contributed by atoms with Gasteiger partial charge in [-0.05, 0) is 6.92 Å². The van der Waals surface area contributed by atoms with Crippen LogP contribution in [0.4, 0.5) is 0 Å². The molecule has 92 valence electrons. The van der Waals surface area contributed by atoms with Crippen molar-refractivity contribution in [1.29, 1.82) is 0 Å². The number of aromatic amines is 1. The van der Waals surface area contributed by atoms with Gasteiger partial charge >= 0.3 is 0 Å². The number of H-pyrrole nitrogens is 1. The number of nitrogens with one attached hydrogen (secondary N) is 1. The lowest BCUT2D eigenvalue weighted by molar-refractivity contribution is 0.00831. The van der Waals surface area contributed by atoms with E-state index in [1.54, 1.807) is 6.92 Å². The summed E-state index contributed by atoms with van der Waals surface area (Å²) in [6, 6.07) is 0.108. The number of hydrogen-bond donors (Lipinski definition) is 2. The first-order valence-electron chi connectivity index (χ1n) is 5.91. The molecule has 0 radical (unpaired) electrons. The van der Waals surface area contributed by atoms with Crippen LogP contribution >= 0.6 is 0 Å². The molecule has 2 N–H and O–H groups in total. The maximum absolute atomic E-state index is 11.6. The van der Waals surface area contributed by atoms with Crippen LogP contribution in [0.2, 0.25) is 0 Å². The molecule has 0 aromatic carbocycles. The van der Waals surface area contributed by atoms with E-state index in [-0.39, 0.29) is 23.0 Å². The van der Waals surface area contributed by atoms with Crippen molar-refractivity contribution >= 4 is 0 Å². The molecule has 0 saturated carbocycles. The predicted octanol–water partition coefficient (Wildman–Crippen LogP) is -0.544. The Morgan fingerprint density at radius 1 is 1.35 bits per heavy atom. The lowest BCUT2D eigenvalue weighted by Gasteiger charge is -2.46. The number of aromatic hydroxyl groups is 1.